The van der Waals surface area contributed by atoms with Crippen molar-refractivity contribution >= 4 is 28.0 Å². The van der Waals surface area contributed by atoms with Gasteiger partial charge in [-0.1, -0.05) is 84.6 Å². The summed E-state index contributed by atoms with van der Waals surface area (Å²) in [6, 6.07) is 21.0. The molecule has 0 saturated heterocycles. The Morgan fingerprint density at radius 3 is 1.88 bits per heavy atom. The molecule has 0 radical (unpaired) electrons. The Kier molecular flexibility index (Phi) is 4.36. The van der Waals surface area contributed by atoms with Crippen LogP contribution in [0, 0.1) is 5.41 Å². The minimum absolute atomic E-state index is 0.538. The van der Waals surface area contributed by atoms with Gasteiger partial charge in [-0.3, -0.25) is 0 Å². The third-order valence-electron chi connectivity index (χ3n) is 4.13. The van der Waals surface area contributed by atoms with Crippen molar-refractivity contribution in [1.29, 1.82) is 5.41 Å². The lowest BCUT2D eigenvalue weighted by Gasteiger charge is -2.18. The maximum atomic E-state index is 7.71. The highest BCUT2D eigenvalue weighted by Crippen LogP contribution is 2.43. The summed E-state index contributed by atoms with van der Waals surface area (Å²) >= 11 is 1.78. The van der Waals surface area contributed by atoms with Crippen LogP contribution in [0.25, 0.3) is 10.5 Å². The van der Waals surface area contributed by atoms with Gasteiger partial charge < -0.3 is 5.41 Å². The minimum atomic E-state index is 0.538. The molecule has 2 aliphatic rings. The zero-order valence-corrected chi connectivity index (χ0v) is 14.5. The van der Waals surface area contributed by atoms with Crippen LogP contribution in [-0.4, -0.2) is 5.71 Å². The van der Waals surface area contributed by atoms with E-state index in [0.717, 1.165) is 5.57 Å². The summed E-state index contributed by atoms with van der Waals surface area (Å²) in [6.45, 7) is 0. The predicted molar refractivity (Wildman–Crippen MR) is 109 cm³/mol. The van der Waals surface area contributed by atoms with Crippen molar-refractivity contribution < 1.29 is 0 Å². The van der Waals surface area contributed by atoms with Gasteiger partial charge in [-0.25, -0.2) is 0 Å². The van der Waals surface area contributed by atoms with E-state index in [0.29, 0.717) is 5.71 Å². The van der Waals surface area contributed by atoms with E-state index in [4.69, 9.17) is 5.41 Å². The van der Waals surface area contributed by atoms with E-state index in [-0.39, 0.29) is 0 Å². The molecule has 1 aliphatic heterocycles. The fraction of sp³-hybridized carbons (Fsp3) is 0. The molecule has 0 aromatic heterocycles. The third kappa shape index (κ3) is 3.49. The second-order valence-electron chi connectivity index (χ2n) is 5.88. The van der Waals surface area contributed by atoms with Crippen molar-refractivity contribution in [2.45, 2.75) is 0 Å². The first-order valence-corrected chi connectivity index (χ1v) is 9.02. The quantitative estimate of drug-likeness (QED) is 0.686. The standard InChI is InChI=1S/C23H17NS/c24-21-13-11-19(12-14-21)23-16-20(17-7-3-1-4-8-17)15-22(25-23)18-9-5-2-6-10-18/h1-16,24H. The molecular weight excluding hydrogens is 322 g/mol. The normalized spacial score (nSPS) is 16.7. The van der Waals surface area contributed by atoms with Crippen LogP contribution < -0.4 is 0 Å². The highest BCUT2D eigenvalue weighted by molar-refractivity contribution is 8.12. The zero-order valence-electron chi connectivity index (χ0n) is 13.6. The van der Waals surface area contributed by atoms with Gasteiger partial charge >= 0.3 is 0 Å². The number of hydrogen-bond donors (Lipinski definition) is 1. The van der Waals surface area contributed by atoms with Gasteiger partial charge in [0, 0.05) is 9.81 Å². The van der Waals surface area contributed by atoms with Gasteiger partial charge in [-0.05, 0) is 46.6 Å². The number of nitrogens with one attached hydrogen (secondary N) is 1. The van der Waals surface area contributed by atoms with Gasteiger partial charge in [-0.2, -0.15) is 0 Å². The van der Waals surface area contributed by atoms with Gasteiger partial charge in [0.05, 0.1) is 5.71 Å². The third-order valence-corrected chi connectivity index (χ3v) is 5.27. The Labute approximate surface area is 152 Å². The van der Waals surface area contributed by atoms with Crippen LogP contribution >= 0.6 is 11.8 Å². The number of hydrogen-bond acceptors (Lipinski definition) is 2. The summed E-state index contributed by atoms with van der Waals surface area (Å²) in [5, 5.41) is 7.71. The van der Waals surface area contributed by atoms with Crippen LogP contribution in [0.4, 0.5) is 0 Å². The summed E-state index contributed by atoms with van der Waals surface area (Å²) in [5.74, 6) is 0. The summed E-state index contributed by atoms with van der Waals surface area (Å²) in [7, 11) is 0. The van der Waals surface area contributed by atoms with E-state index in [9.17, 15) is 0 Å². The molecule has 0 unspecified atom stereocenters. The van der Waals surface area contributed by atoms with Crippen LogP contribution in [0.1, 0.15) is 11.1 Å². The zero-order chi connectivity index (χ0) is 17.1. The molecule has 4 rings (SSSR count). The minimum Gasteiger partial charge on any atom is -0.301 e. The lowest BCUT2D eigenvalue weighted by atomic mass is 10.0. The van der Waals surface area contributed by atoms with Crippen LogP contribution in [0.3, 0.4) is 0 Å². The van der Waals surface area contributed by atoms with E-state index >= 15 is 0 Å². The molecule has 0 atom stereocenters. The second-order valence-corrected chi connectivity index (χ2v) is 6.97. The van der Waals surface area contributed by atoms with Gasteiger partial charge in [0.15, 0.2) is 0 Å². The molecule has 120 valence electrons. The topological polar surface area (TPSA) is 23.9 Å². The van der Waals surface area contributed by atoms with Gasteiger partial charge in [0.2, 0.25) is 0 Å². The first-order valence-electron chi connectivity index (χ1n) is 8.21. The van der Waals surface area contributed by atoms with E-state index in [1.165, 1.54) is 26.5 Å². The van der Waals surface area contributed by atoms with Crippen LogP contribution in [0.15, 0.2) is 108 Å². The maximum Gasteiger partial charge on any atom is 0.0540 e. The maximum absolute atomic E-state index is 7.71. The Morgan fingerprint density at radius 2 is 1.24 bits per heavy atom. The smallest absolute Gasteiger partial charge is 0.0540 e. The molecule has 25 heavy (non-hydrogen) atoms. The highest BCUT2D eigenvalue weighted by atomic mass is 32.2. The molecular formula is C23H17NS. The van der Waals surface area contributed by atoms with E-state index in [1.807, 2.05) is 36.4 Å². The van der Waals surface area contributed by atoms with Gasteiger partial charge in [0.25, 0.3) is 0 Å². The number of allylic oxidation sites excluding steroid dienone is 8. The molecule has 0 fully saturated rings. The van der Waals surface area contributed by atoms with E-state index in [1.54, 1.807) is 11.8 Å². The lowest BCUT2D eigenvalue weighted by molar-refractivity contribution is 1.51. The van der Waals surface area contributed by atoms with Crippen LogP contribution in [-0.2, 0) is 0 Å². The Morgan fingerprint density at radius 1 is 0.640 bits per heavy atom. The van der Waals surface area contributed by atoms with Crippen molar-refractivity contribution in [1.82, 2.24) is 0 Å². The molecule has 2 heteroatoms. The fourth-order valence-corrected chi connectivity index (χ4v) is 3.94. The molecule has 0 amide bonds. The van der Waals surface area contributed by atoms with Crippen LogP contribution in [0.2, 0.25) is 0 Å². The first-order chi connectivity index (χ1) is 12.3. The Hall–Kier alpha value is -2.84. The predicted octanol–water partition coefficient (Wildman–Crippen LogP) is 6.26. The van der Waals surface area contributed by atoms with Crippen molar-refractivity contribution in [2.75, 3.05) is 0 Å². The molecule has 0 bridgehead atoms. The molecule has 1 nitrogen and oxygen atoms in total. The summed E-state index contributed by atoms with van der Waals surface area (Å²) in [5.41, 5.74) is 5.34. The summed E-state index contributed by atoms with van der Waals surface area (Å²) in [6.07, 6.45) is 12.2. The largest absolute Gasteiger partial charge is 0.301 e. The second kappa shape index (κ2) is 6.96. The summed E-state index contributed by atoms with van der Waals surface area (Å²) in [4.78, 5) is 2.45. The van der Waals surface area contributed by atoms with E-state index < -0.39 is 0 Å². The van der Waals surface area contributed by atoms with Gasteiger partial charge in [0.1, 0.15) is 0 Å². The molecule has 0 spiro atoms. The molecule has 1 heterocycles. The molecule has 1 aliphatic carbocycles. The Bertz CT molecular complexity index is 940. The monoisotopic (exact) mass is 339 g/mol. The van der Waals surface area contributed by atoms with Gasteiger partial charge in [-0.15, -0.1) is 0 Å². The first kappa shape index (κ1) is 15.7. The number of rotatable bonds is 2. The summed E-state index contributed by atoms with van der Waals surface area (Å²) < 4.78 is 0. The SMILES string of the molecule is N=C1C=CC(=C2C=C(c3ccccc3)C=C(c3ccccc3)S2)C=C1. The average Bonchev–Trinajstić information content (AvgIpc) is 2.69. The molecule has 2 aromatic rings. The number of benzene rings is 2. The van der Waals surface area contributed by atoms with Crippen molar-refractivity contribution in [3.05, 3.63) is 119 Å². The fourth-order valence-electron chi connectivity index (χ4n) is 2.82. The number of thioether (sulfide) groups is 1. The van der Waals surface area contributed by atoms with E-state index in [2.05, 4.69) is 60.7 Å². The van der Waals surface area contributed by atoms with Crippen molar-refractivity contribution in [3.8, 4) is 0 Å². The molecule has 1 N–H and O–H groups in total. The lowest BCUT2D eigenvalue weighted by Crippen LogP contribution is -1.96. The van der Waals surface area contributed by atoms with Crippen LogP contribution in [0.5, 0.6) is 0 Å². The molecule has 0 saturated carbocycles. The average molecular weight is 339 g/mol. The highest BCUT2D eigenvalue weighted by Gasteiger charge is 2.16. The van der Waals surface area contributed by atoms with Crippen molar-refractivity contribution in [3.63, 3.8) is 0 Å². The van der Waals surface area contributed by atoms with Crippen molar-refractivity contribution in [2.24, 2.45) is 0 Å². The molecule has 2 aromatic carbocycles. The Balaban J connectivity index is 1.83.